The first kappa shape index (κ1) is 16.2. The number of likely N-dealkylation sites (tertiary alicyclic amines) is 1. The quantitative estimate of drug-likeness (QED) is 0.763. The first-order valence-electron chi connectivity index (χ1n) is 8.32. The molecule has 1 aliphatic rings. The molecule has 0 saturated carbocycles. The average Bonchev–Trinajstić information content (AvgIpc) is 2.47. The largest absolute Gasteiger partial charge is 0.293 e. The van der Waals surface area contributed by atoms with Crippen molar-refractivity contribution in [3.63, 3.8) is 0 Å². The highest BCUT2D eigenvalue weighted by molar-refractivity contribution is 6.00. The predicted octanol–water partition coefficient (Wildman–Crippen LogP) is 4.43. The molecule has 0 bridgehead atoms. The van der Waals surface area contributed by atoms with E-state index in [-0.39, 0.29) is 11.5 Å². The summed E-state index contributed by atoms with van der Waals surface area (Å²) in [5.41, 5.74) is 2.30. The van der Waals surface area contributed by atoms with E-state index in [0.29, 0.717) is 5.78 Å². The summed E-state index contributed by atoms with van der Waals surface area (Å²) < 4.78 is 0. The summed E-state index contributed by atoms with van der Waals surface area (Å²) >= 11 is 0. The van der Waals surface area contributed by atoms with Crippen LogP contribution in [-0.2, 0) is 5.41 Å². The fraction of sp³-hybridized carbons (Fsp3) is 0.632. The molecule has 2 nitrogen and oxygen atoms in total. The second-order valence-electron chi connectivity index (χ2n) is 7.24. The van der Waals surface area contributed by atoms with Gasteiger partial charge in [0.1, 0.15) is 0 Å². The van der Waals surface area contributed by atoms with Crippen LogP contribution in [0.4, 0.5) is 0 Å². The maximum Gasteiger partial charge on any atom is 0.179 e. The molecule has 1 aromatic rings. The molecular weight excluding hydrogens is 258 g/mol. The van der Waals surface area contributed by atoms with E-state index >= 15 is 0 Å². The van der Waals surface area contributed by atoms with Crippen LogP contribution in [0.5, 0.6) is 0 Å². The Balaban J connectivity index is 2.14. The number of ketones is 1. The molecule has 1 heterocycles. The smallest absolute Gasteiger partial charge is 0.179 e. The van der Waals surface area contributed by atoms with Crippen LogP contribution in [0.3, 0.4) is 0 Å². The number of piperidine rings is 1. The molecule has 1 saturated heterocycles. The fourth-order valence-electron chi connectivity index (χ4n) is 3.17. The van der Waals surface area contributed by atoms with Gasteiger partial charge in [-0.2, -0.15) is 0 Å². The first-order valence-corrected chi connectivity index (χ1v) is 8.32. The molecule has 0 spiro atoms. The normalized spacial score (nSPS) is 20.5. The molecule has 1 atom stereocenters. The predicted molar refractivity (Wildman–Crippen MR) is 89.0 cm³/mol. The minimum absolute atomic E-state index is 0.0965. The van der Waals surface area contributed by atoms with Gasteiger partial charge in [0.25, 0.3) is 0 Å². The van der Waals surface area contributed by atoms with E-state index < -0.39 is 0 Å². The van der Waals surface area contributed by atoms with Crippen LogP contribution in [0.15, 0.2) is 24.3 Å². The lowest BCUT2D eigenvalue weighted by Crippen LogP contribution is -2.44. The maximum absolute atomic E-state index is 12.8. The Hall–Kier alpha value is -1.15. The van der Waals surface area contributed by atoms with Crippen LogP contribution in [0.1, 0.15) is 69.3 Å². The third kappa shape index (κ3) is 3.94. The Labute approximate surface area is 129 Å². The molecule has 0 aliphatic carbocycles. The summed E-state index contributed by atoms with van der Waals surface area (Å²) in [6.45, 7) is 10.9. The minimum atomic E-state index is 0.0965. The number of nitrogens with zero attached hydrogens (tertiary/aromatic N) is 1. The van der Waals surface area contributed by atoms with Crippen molar-refractivity contribution in [1.82, 2.24) is 4.90 Å². The van der Waals surface area contributed by atoms with Crippen LogP contribution in [0, 0.1) is 0 Å². The van der Waals surface area contributed by atoms with E-state index in [4.69, 9.17) is 0 Å². The lowest BCUT2D eigenvalue weighted by Gasteiger charge is -2.34. The molecule has 0 N–H and O–H groups in total. The van der Waals surface area contributed by atoms with E-state index in [0.717, 1.165) is 31.5 Å². The number of Topliss-reactive ketones (excluding diaryl/α,β-unsaturated/α-hetero) is 1. The Morgan fingerprint density at radius 3 is 2.43 bits per heavy atom. The van der Waals surface area contributed by atoms with Crippen LogP contribution < -0.4 is 0 Å². The summed E-state index contributed by atoms with van der Waals surface area (Å²) in [6.07, 6.45) is 4.54. The minimum Gasteiger partial charge on any atom is -0.293 e. The van der Waals surface area contributed by atoms with E-state index in [1.807, 2.05) is 12.1 Å². The Morgan fingerprint density at radius 1 is 1.19 bits per heavy atom. The van der Waals surface area contributed by atoms with Gasteiger partial charge in [-0.15, -0.1) is 0 Å². The van der Waals surface area contributed by atoms with E-state index in [1.54, 1.807) is 0 Å². The number of carbonyl (C=O) groups is 1. The van der Waals surface area contributed by atoms with Crippen LogP contribution in [-0.4, -0.2) is 29.8 Å². The third-order valence-corrected chi connectivity index (χ3v) is 4.46. The molecule has 1 unspecified atom stereocenters. The highest BCUT2D eigenvalue weighted by atomic mass is 16.1. The molecule has 0 amide bonds. The van der Waals surface area contributed by atoms with Crippen molar-refractivity contribution < 1.29 is 4.79 Å². The Morgan fingerprint density at radius 2 is 1.86 bits per heavy atom. The van der Waals surface area contributed by atoms with Crippen molar-refractivity contribution in [2.24, 2.45) is 0 Å². The molecular formula is C19H29NO. The van der Waals surface area contributed by atoms with Crippen LogP contribution >= 0.6 is 0 Å². The van der Waals surface area contributed by atoms with Gasteiger partial charge in [0.2, 0.25) is 0 Å². The summed E-state index contributed by atoms with van der Waals surface area (Å²) in [4.78, 5) is 15.2. The first-order chi connectivity index (χ1) is 9.93. The third-order valence-electron chi connectivity index (χ3n) is 4.46. The van der Waals surface area contributed by atoms with Gasteiger partial charge in [0.05, 0.1) is 6.04 Å². The molecule has 0 aromatic heterocycles. The SMILES string of the molecule is CCCN1CCCCC1C(=O)c1ccc(C(C)(C)C)cc1. The molecule has 0 radical (unpaired) electrons. The standard InChI is InChI=1S/C19H29NO/c1-5-13-20-14-7-6-8-17(20)18(21)15-9-11-16(12-10-15)19(2,3)4/h9-12,17H,5-8,13-14H2,1-4H3. The molecule has 1 aliphatic heterocycles. The van der Waals surface area contributed by atoms with Gasteiger partial charge in [-0.25, -0.2) is 0 Å². The Kier molecular flexibility index (Phi) is 5.21. The lowest BCUT2D eigenvalue weighted by molar-refractivity contribution is 0.0747. The maximum atomic E-state index is 12.8. The molecule has 1 fully saturated rings. The van der Waals surface area contributed by atoms with Crippen LogP contribution in [0.2, 0.25) is 0 Å². The van der Waals surface area contributed by atoms with E-state index in [1.165, 1.54) is 18.4 Å². The van der Waals surface area contributed by atoms with Gasteiger partial charge in [-0.1, -0.05) is 58.4 Å². The zero-order valence-electron chi connectivity index (χ0n) is 14.0. The van der Waals surface area contributed by atoms with Crippen molar-refractivity contribution in [3.05, 3.63) is 35.4 Å². The number of benzene rings is 1. The van der Waals surface area contributed by atoms with Gasteiger partial charge in [-0.05, 0) is 43.3 Å². The number of rotatable bonds is 4. The molecule has 1 aromatic carbocycles. The zero-order chi connectivity index (χ0) is 15.5. The Bertz CT molecular complexity index is 467. The molecule has 2 heteroatoms. The summed E-state index contributed by atoms with van der Waals surface area (Å²) in [5.74, 6) is 0.309. The van der Waals surface area contributed by atoms with Crippen molar-refractivity contribution in [1.29, 1.82) is 0 Å². The van der Waals surface area contributed by atoms with Crippen molar-refractivity contribution in [3.8, 4) is 0 Å². The van der Waals surface area contributed by atoms with Crippen molar-refractivity contribution >= 4 is 5.78 Å². The lowest BCUT2D eigenvalue weighted by atomic mass is 9.85. The number of carbonyl (C=O) groups excluding carboxylic acids is 1. The van der Waals surface area contributed by atoms with Gasteiger partial charge < -0.3 is 0 Å². The number of hydrogen-bond donors (Lipinski definition) is 0. The topological polar surface area (TPSA) is 20.3 Å². The molecule has 116 valence electrons. The van der Waals surface area contributed by atoms with Gasteiger partial charge in [0.15, 0.2) is 5.78 Å². The molecule has 2 rings (SSSR count). The number of hydrogen-bond acceptors (Lipinski definition) is 2. The van der Waals surface area contributed by atoms with Gasteiger partial charge in [-0.3, -0.25) is 9.69 Å². The summed E-state index contributed by atoms with van der Waals surface area (Å²) in [5, 5.41) is 0. The van der Waals surface area contributed by atoms with Gasteiger partial charge in [0, 0.05) is 5.56 Å². The summed E-state index contributed by atoms with van der Waals surface area (Å²) in [6, 6.07) is 8.35. The monoisotopic (exact) mass is 287 g/mol. The molecule has 21 heavy (non-hydrogen) atoms. The van der Waals surface area contributed by atoms with Gasteiger partial charge >= 0.3 is 0 Å². The van der Waals surface area contributed by atoms with Crippen molar-refractivity contribution in [2.75, 3.05) is 13.1 Å². The second-order valence-corrected chi connectivity index (χ2v) is 7.24. The highest BCUT2D eigenvalue weighted by Crippen LogP contribution is 2.25. The van der Waals surface area contributed by atoms with Crippen molar-refractivity contribution in [2.45, 2.75) is 64.8 Å². The highest BCUT2D eigenvalue weighted by Gasteiger charge is 2.28. The summed E-state index contributed by atoms with van der Waals surface area (Å²) in [7, 11) is 0. The van der Waals surface area contributed by atoms with Crippen LogP contribution in [0.25, 0.3) is 0 Å². The van der Waals surface area contributed by atoms with E-state index in [2.05, 4.69) is 44.7 Å². The second kappa shape index (κ2) is 6.74. The average molecular weight is 287 g/mol. The zero-order valence-corrected chi connectivity index (χ0v) is 14.0. The van der Waals surface area contributed by atoms with E-state index in [9.17, 15) is 4.79 Å². The fourth-order valence-corrected chi connectivity index (χ4v) is 3.17.